The number of carbonyl (C=O) groups is 1. The molecule has 0 atom stereocenters. The Labute approximate surface area is 232 Å². The first-order chi connectivity index (χ1) is 16.2. The summed E-state index contributed by atoms with van der Waals surface area (Å²) in [6, 6.07) is 12.6. The molecule has 34 heavy (non-hydrogen) atoms. The Bertz CT molecular complexity index is 1260. The van der Waals surface area contributed by atoms with Crippen molar-refractivity contribution in [2.24, 2.45) is 5.10 Å². The topological polar surface area (TPSA) is 103 Å². The van der Waals surface area contributed by atoms with Crippen LogP contribution in [0.15, 0.2) is 53.6 Å². The van der Waals surface area contributed by atoms with Gasteiger partial charge in [0, 0.05) is 27.7 Å². The van der Waals surface area contributed by atoms with Crippen molar-refractivity contribution in [1.82, 2.24) is 5.43 Å². The van der Waals surface area contributed by atoms with Gasteiger partial charge in [-0.25, -0.2) is 5.43 Å². The highest BCUT2D eigenvalue weighted by Crippen LogP contribution is 2.30. The lowest BCUT2D eigenvalue weighted by molar-refractivity contribution is -0.384. The number of hydrogen-bond acceptors (Lipinski definition) is 6. The second-order valence-corrected chi connectivity index (χ2v) is 9.85. The maximum atomic E-state index is 12.5. The molecule has 0 saturated carbocycles. The van der Waals surface area contributed by atoms with Crippen LogP contribution in [0.5, 0.6) is 11.5 Å². The fraction of sp³-hybridized carbons (Fsp3) is 0.0909. The van der Waals surface area contributed by atoms with E-state index in [1.165, 1.54) is 25.5 Å². The monoisotopic (exact) mass is 725 g/mol. The zero-order chi connectivity index (χ0) is 24.8. The van der Waals surface area contributed by atoms with E-state index >= 15 is 0 Å². The average molecular weight is 726 g/mol. The molecule has 0 unspecified atom stereocenters. The Morgan fingerprint density at radius 1 is 1.15 bits per heavy atom. The summed E-state index contributed by atoms with van der Waals surface area (Å²) in [5, 5.41) is 16.0. The Kier molecular flexibility index (Phi) is 9.33. The van der Waals surface area contributed by atoms with E-state index in [1.807, 2.05) is 18.2 Å². The van der Waals surface area contributed by atoms with Crippen molar-refractivity contribution < 1.29 is 19.2 Å². The predicted octanol–water partition coefficient (Wildman–Crippen LogP) is 6.46. The summed E-state index contributed by atoms with van der Waals surface area (Å²) >= 11 is 16.4. The van der Waals surface area contributed by atoms with Crippen LogP contribution in [0.1, 0.15) is 21.5 Å². The van der Waals surface area contributed by atoms with E-state index in [2.05, 4.69) is 55.7 Å². The number of rotatable bonds is 8. The normalized spacial score (nSPS) is 10.9. The molecule has 1 N–H and O–H groups in total. The Hall–Kier alpha value is -2.16. The molecule has 176 valence electrons. The number of nitrogens with one attached hydrogen (secondary N) is 1. The number of carbonyl (C=O) groups excluding carboxylic acids is 1. The second-order valence-electron chi connectivity index (χ2n) is 6.68. The van der Waals surface area contributed by atoms with Crippen LogP contribution in [0, 0.1) is 17.3 Å². The molecule has 0 aromatic heterocycles. The van der Waals surface area contributed by atoms with E-state index in [9.17, 15) is 14.9 Å². The third kappa shape index (κ3) is 6.71. The molecule has 0 aliphatic carbocycles. The maximum absolute atomic E-state index is 12.5. The minimum absolute atomic E-state index is 0.00243. The van der Waals surface area contributed by atoms with Crippen molar-refractivity contribution in [1.29, 1.82) is 0 Å². The van der Waals surface area contributed by atoms with Gasteiger partial charge in [0.25, 0.3) is 11.6 Å². The van der Waals surface area contributed by atoms with Gasteiger partial charge in [-0.05, 0) is 81.1 Å². The summed E-state index contributed by atoms with van der Waals surface area (Å²) in [6.45, 7) is 0.274. The van der Waals surface area contributed by atoms with Crippen LogP contribution in [0.4, 0.5) is 5.69 Å². The Morgan fingerprint density at radius 3 is 2.47 bits per heavy atom. The zero-order valence-corrected chi connectivity index (χ0v) is 23.2. The number of nitrogens with zero attached hydrogens (tertiary/aromatic N) is 2. The number of methoxy groups -OCH3 is 1. The average Bonchev–Trinajstić information content (AvgIpc) is 2.79. The van der Waals surface area contributed by atoms with Gasteiger partial charge in [-0.15, -0.1) is 0 Å². The molecule has 3 rings (SSSR count). The second kappa shape index (κ2) is 12.0. The molecule has 1 amide bonds. The SMILES string of the molecule is COc1ccc([N+](=O)[O-])cc1C(=O)NN=Cc1cc(I)c(OCc2ccc(Cl)cc2Cl)c(I)c1. The van der Waals surface area contributed by atoms with Crippen molar-refractivity contribution in [2.45, 2.75) is 6.61 Å². The van der Waals surface area contributed by atoms with Gasteiger partial charge in [-0.1, -0.05) is 29.3 Å². The fourth-order valence-corrected chi connectivity index (χ4v) is 5.38. The molecule has 0 bridgehead atoms. The first kappa shape index (κ1) is 26.4. The van der Waals surface area contributed by atoms with Crippen LogP contribution >= 0.6 is 68.4 Å². The van der Waals surface area contributed by atoms with Crippen molar-refractivity contribution >= 4 is 86.2 Å². The molecule has 8 nitrogen and oxygen atoms in total. The quantitative estimate of drug-likeness (QED) is 0.124. The number of ether oxygens (including phenoxy) is 2. The van der Waals surface area contributed by atoms with E-state index in [1.54, 1.807) is 12.1 Å². The minimum Gasteiger partial charge on any atom is -0.496 e. The third-order valence-corrected chi connectivity index (χ3v) is 6.62. The van der Waals surface area contributed by atoms with Crippen molar-refractivity contribution in [3.63, 3.8) is 0 Å². The van der Waals surface area contributed by atoms with Gasteiger partial charge in [0.2, 0.25) is 0 Å². The Balaban J connectivity index is 1.70. The molecule has 0 heterocycles. The van der Waals surface area contributed by atoms with E-state index in [0.29, 0.717) is 15.8 Å². The fourth-order valence-electron chi connectivity index (χ4n) is 2.79. The number of nitro groups is 1. The molecular weight excluding hydrogens is 711 g/mol. The highest BCUT2D eigenvalue weighted by Gasteiger charge is 2.17. The standard InChI is InChI=1S/C22H15Cl2I2N3O5/c1-33-20-5-4-15(29(31)32)9-16(20)22(30)28-27-10-12-6-18(25)21(19(26)7-12)34-11-13-2-3-14(23)8-17(13)24/h2-10H,11H2,1H3,(H,28,30). The predicted molar refractivity (Wildman–Crippen MR) is 147 cm³/mol. The smallest absolute Gasteiger partial charge is 0.275 e. The van der Waals surface area contributed by atoms with E-state index < -0.39 is 10.8 Å². The lowest BCUT2D eigenvalue weighted by Crippen LogP contribution is -2.18. The van der Waals surface area contributed by atoms with Crippen molar-refractivity contribution in [3.8, 4) is 11.5 Å². The zero-order valence-electron chi connectivity index (χ0n) is 17.4. The molecular formula is C22H15Cl2I2N3O5. The third-order valence-electron chi connectivity index (χ3n) is 4.43. The Morgan fingerprint density at radius 2 is 1.85 bits per heavy atom. The van der Waals surface area contributed by atoms with Gasteiger partial charge < -0.3 is 9.47 Å². The minimum atomic E-state index is -0.638. The molecule has 0 spiro atoms. The number of nitro benzene ring substituents is 1. The van der Waals surface area contributed by atoms with Crippen LogP contribution in [0.3, 0.4) is 0 Å². The highest BCUT2D eigenvalue weighted by atomic mass is 127. The molecule has 0 fully saturated rings. The van der Waals surface area contributed by atoms with Gasteiger partial charge in [-0.3, -0.25) is 14.9 Å². The van der Waals surface area contributed by atoms with E-state index in [4.69, 9.17) is 32.7 Å². The number of hydrazone groups is 1. The summed E-state index contributed by atoms with van der Waals surface area (Å²) in [7, 11) is 1.37. The number of hydrogen-bond donors (Lipinski definition) is 1. The largest absolute Gasteiger partial charge is 0.496 e. The van der Waals surface area contributed by atoms with Gasteiger partial charge in [0.15, 0.2) is 0 Å². The molecule has 0 radical (unpaired) electrons. The molecule has 12 heteroatoms. The number of benzene rings is 3. The van der Waals surface area contributed by atoms with Crippen LogP contribution in [-0.2, 0) is 6.61 Å². The number of amides is 1. The lowest BCUT2D eigenvalue weighted by atomic mass is 10.1. The molecule has 3 aromatic carbocycles. The molecule has 3 aromatic rings. The number of halogens is 4. The van der Waals surface area contributed by atoms with Crippen molar-refractivity contribution in [2.75, 3.05) is 7.11 Å². The van der Waals surface area contributed by atoms with Crippen LogP contribution in [-0.4, -0.2) is 24.2 Å². The van der Waals surface area contributed by atoms with E-state index in [0.717, 1.165) is 24.3 Å². The molecule has 0 saturated heterocycles. The lowest BCUT2D eigenvalue weighted by Gasteiger charge is -2.12. The summed E-state index contributed by atoms with van der Waals surface area (Å²) in [4.78, 5) is 22.9. The summed E-state index contributed by atoms with van der Waals surface area (Å²) in [6.07, 6.45) is 1.46. The first-order valence-electron chi connectivity index (χ1n) is 9.41. The summed E-state index contributed by atoms with van der Waals surface area (Å²) < 4.78 is 12.7. The molecule has 0 aliphatic rings. The first-order valence-corrected chi connectivity index (χ1v) is 12.3. The van der Waals surface area contributed by atoms with Gasteiger partial charge in [-0.2, -0.15) is 5.10 Å². The van der Waals surface area contributed by atoms with Gasteiger partial charge in [0.05, 0.1) is 31.0 Å². The van der Waals surface area contributed by atoms with Crippen molar-refractivity contribution in [3.05, 3.63) is 92.5 Å². The van der Waals surface area contributed by atoms with E-state index in [-0.39, 0.29) is 23.6 Å². The summed E-state index contributed by atoms with van der Waals surface area (Å²) in [5.41, 5.74) is 3.67. The van der Waals surface area contributed by atoms with Crippen LogP contribution in [0.25, 0.3) is 0 Å². The van der Waals surface area contributed by atoms with Gasteiger partial charge in [0.1, 0.15) is 18.1 Å². The van der Waals surface area contributed by atoms with Crippen LogP contribution < -0.4 is 14.9 Å². The van der Waals surface area contributed by atoms with Crippen LogP contribution in [0.2, 0.25) is 10.0 Å². The summed E-state index contributed by atoms with van der Waals surface area (Å²) in [5.74, 6) is 0.250. The number of non-ortho nitro benzene ring substituents is 1. The van der Waals surface area contributed by atoms with Gasteiger partial charge >= 0.3 is 0 Å². The molecule has 0 aliphatic heterocycles. The highest BCUT2D eigenvalue weighted by molar-refractivity contribution is 14.1. The maximum Gasteiger partial charge on any atom is 0.275 e.